The molecule has 0 saturated carbocycles. The van der Waals surface area contributed by atoms with Crippen LogP contribution in [0.15, 0.2) is 42.6 Å². The lowest BCUT2D eigenvalue weighted by atomic mass is 10.1. The Balaban J connectivity index is 2.05. The van der Waals surface area contributed by atoms with E-state index in [1.807, 2.05) is 30.0 Å². The maximum Gasteiger partial charge on any atom is 0.129 e. The molecule has 3 nitrogen and oxygen atoms in total. The molecule has 1 heterocycles. The van der Waals surface area contributed by atoms with Crippen molar-refractivity contribution in [1.82, 2.24) is 9.88 Å². The van der Waals surface area contributed by atoms with Gasteiger partial charge in [-0.05, 0) is 36.9 Å². The minimum Gasteiger partial charge on any atom is -0.387 e. The number of aromatic nitrogens is 1. The molecule has 0 aliphatic heterocycles. The van der Waals surface area contributed by atoms with Gasteiger partial charge in [0, 0.05) is 24.8 Å². The Morgan fingerprint density at radius 1 is 1.24 bits per heavy atom. The highest BCUT2D eigenvalue weighted by atomic mass is 19.1. The topological polar surface area (TPSA) is 36.4 Å². The average molecular weight is 292 g/mol. The second-order valence-electron chi connectivity index (χ2n) is 4.83. The van der Waals surface area contributed by atoms with Crippen molar-refractivity contribution in [2.75, 3.05) is 13.1 Å². The molecule has 21 heavy (non-hydrogen) atoms. The van der Waals surface area contributed by atoms with E-state index < -0.39 is 17.7 Å². The van der Waals surface area contributed by atoms with Gasteiger partial charge in [0.15, 0.2) is 0 Å². The van der Waals surface area contributed by atoms with E-state index in [0.29, 0.717) is 13.1 Å². The van der Waals surface area contributed by atoms with Crippen LogP contribution in [0.1, 0.15) is 24.3 Å². The molecular weight excluding hydrogens is 274 g/mol. The van der Waals surface area contributed by atoms with Crippen molar-refractivity contribution < 1.29 is 13.9 Å². The molecule has 2 rings (SSSR count). The van der Waals surface area contributed by atoms with Crippen LogP contribution in [0.4, 0.5) is 8.78 Å². The number of nitrogens with zero attached hydrogens (tertiary/aromatic N) is 2. The Morgan fingerprint density at radius 3 is 2.71 bits per heavy atom. The summed E-state index contributed by atoms with van der Waals surface area (Å²) in [6.07, 6.45) is 0.621. The van der Waals surface area contributed by atoms with E-state index in [9.17, 15) is 13.9 Å². The highest BCUT2D eigenvalue weighted by Crippen LogP contribution is 2.20. The molecule has 0 amide bonds. The summed E-state index contributed by atoms with van der Waals surface area (Å²) in [4.78, 5) is 6.15. The minimum atomic E-state index is -1.08. The van der Waals surface area contributed by atoms with Crippen LogP contribution in [-0.2, 0) is 6.54 Å². The zero-order chi connectivity index (χ0) is 15.2. The number of aliphatic hydroxyl groups excluding tert-OH is 1. The average Bonchev–Trinajstić information content (AvgIpc) is 2.50. The van der Waals surface area contributed by atoms with E-state index >= 15 is 0 Å². The van der Waals surface area contributed by atoms with Gasteiger partial charge in [-0.3, -0.25) is 9.88 Å². The van der Waals surface area contributed by atoms with Crippen LogP contribution >= 0.6 is 0 Å². The second-order valence-corrected chi connectivity index (χ2v) is 4.83. The Hall–Kier alpha value is -1.85. The highest BCUT2D eigenvalue weighted by molar-refractivity contribution is 5.21. The Labute approximate surface area is 122 Å². The van der Waals surface area contributed by atoms with Crippen molar-refractivity contribution in [3.63, 3.8) is 0 Å². The first-order chi connectivity index (χ1) is 10.1. The van der Waals surface area contributed by atoms with Gasteiger partial charge in [0.2, 0.25) is 0 Å². The monoisotopic (exact) mass is 292 g/mol. The second kappa shape index (κ2) is 7.24. The first-order valence-electron chi connectivity index (χ1n) is 6.85. The van der Waals surface area contributed by atoms with E-state index in [1.54, 1.807) is 6.20 Å². The quantitative estimate of drug-likeness (QED) is 0.889. The number of pyridine rings is 1. The highest BCUT2D eigenvalue weighted by Gasteiger charge is 2.17. The van der Waals surface area contributed by atoms with E-state index in [4.69, 9.17) is 0 Å². The molecule has 0 fully saturated rings. The molecule has 1 atom stereocenters. The van der Waals surface area contributed by atoms with Gasteiger partial charge < -0.3 is 5.11 Å². The largest absolute Gasteiger partial charge is 0.387 e. The molecule has 0 aliphatic carbocycles. The molecule has 2 aromatic rings. The number of rotatable bonds is 6. The molecule has 5 heteroatoms. The third-order valence-corrected chi connectivity index (χ3v) is 3.31. The fourth-order valence-corrected chi connectivity index (χ4v) is 2.14. The van der Waals surface area contributed by atoms with Gasteiger partial charge in [-0.2, -0.15) is 0 Å². The summed E-state index contributed by atoms with van der Waals surface area (Å²) >= 11 is 0. The summed E-state index contributed by atoms with van der Waals surface area (Å²) in [6, 6.07) is 8.71. The van der Waals surface area contributed by atoms with Crippen LogP contribution in [0.3, 0.4) is 0 Å². The normalized spacial score (nSPS) is 12.6. The first-order valence-corrected chi connectivity index (χ1v) is 6.85. The summed E-state index contributed by atoms with van der Waals surface area (Å²) in [5, 5.41) is 10.1. The van der Waals surface area contributed by atoms with Gasteiger partial charge in [-0.25, -0.2) is 8.78 Å². The zero-order valence-electron chi connectivity index (χ0n) is 11.8. The predicted molar refractivity (Wildman–Crippen MR) is 76.5 cm³/mol. The summed E-state index contributed by atoms with van der Waals surface area (Å²) in [5.74, 6) is -1.16. The maximum atomic E-state index is 13.6. The van der Waals surface area contributed by atoms with Crippen LogP contribution < -0.4 is 0 Å². The Morgan fingerprint density at radius 2 is 2.05 bits per heavy atom. The van der Waals surface area contributed by atoms with Gasteiger partial charge in [0.25, 0.3) is 0 Å². The van der Waals surface area contributed by atoms with Crippen molar-refractivity contribution >= 4 is 0 Å². The lowest BCUT2D eigenvalue weighted by Crippen LogP contribution is -2.29. The zero-order valence-corrected chi connectivity index (χ0v) is 11.8. The number of hydrogen-bond donors (Lipinski definition) is 1. The van der Waals surface area contributed by atoms with Crippen molar-refractivity contribution in [3.05, 3.63) is 65.5 Å². The number of halogens is 2. The molecule has 112 valence electrons. The fourth-order valence-electron chi connectivity index (χ4n) is 2.14. The van der Waals surface area contributed by atoms with Crippen molar-refractivity contribution in [1.29, 1.82) is 0 Å². The number of hydrogen-bond acceptors (Lipinski definition) is 3. The third kappa shape index (κ3) is 4.31. The van der Waals surface area contributed by atoms with Crippen molar-refractivity contribution in [2.45, 2.75) is 19.6 Å². The number of benzene rings is 1. The molecule has 0 aliphatic rings. The van der Waals surface area contributed by atoms with E-state index in [0.717, 1.165) is 23.9 Å². The maximum absolute atomic E-state index is 13.6. The van der Waals surface area contributed by atoms with Gasteiger partial charge in [0.1, 0.15) is 11.6 Å². The standard InChI is InChI=1S/C16H18F2N2O/c1-2-20(10-13-5-3-4-8-19-13)11-16(21)14-9-12(17)6-7-15(14)18/h3-9,16,21H,2,10-11H2,1H3. The summed E-state index contributed by atoms with van der Waals surface area (Å²) in [5.41, 5.74) is 0.848. The molecule has 0 spiro atoms. The lowest BCUT2D eigenvalue weighted by Gasteiger charge is -2.23. The van der Waals surface area contributed by atoms with Crippen LogP contribution in [0, 0.1) is 11.6 Å². The van der Waals surface area contributed by atoms with Crippen molar-refractivity contribution in [2.24, 2.45) is 0 Å². The van der Waals surface area contributed by atoms with Gasteiger partial charge >= 0.3 is 0 Å². The minimum absolute atomic E-state index is 0.0190. The molecule has 1 unspecified atom stereocenters. The lowest BCUT2D eigenvalue weighted by molar-refractivity contribution is 0.108. The van der Waals surface area contributed by atoms with Crippen LogP contribution in [0.5, 0.6) is 0 Å². The molecule has 1 aromatic carbocycles. The fraction of sp³-hybridized carbons (Fsp3) is 0.312. The SMILES string of the molecule is CCN(Cc1ccccn1)CC(O)c1cc(F)ccc1F. The summed E-state index contributed by atoms with van der Waals surface area (Å²) in [7, 11) is 0. The van der Waals surface area contributed by atoms with E-state index in [2.05, 4.69) is 4.98 Å². The van der Waals surface area contributed by atoms with Crippen LogP contribution in [0.2, 0.25) is 0 Å². The Kier molecular flexibility index (Phi) is 5.36. The van der Waals surface area contributed by atoms with Crippen LogP contribution in [0.25, 0.3) is 0 Å². The van der Waals surface area contributed by atoms with E-state index in [1.165, 1.54) is 0 Å². The molecule has 1 N–H and O–H groups in total. The Bertz CT molecular complexity index is 578. The van der Waals surface area contributed by atoms with Crippen molar-refractivity contribution in [3.8, 4) is 0 Å². The number of aliphatic hydroxyl groups is 1. The number of likely N-dealkylation sites (N-methyl/N-ethyl adjacent to an activating group) is 1. The molecule has 0 bridgehead atoms. The molecule has 0 radical (unpaired) electrons. The van der Waals surface area contributed by atoms with Crippen LogP contribution in [-0.4, -0.2) is 28.1 Å². The summed E-state index contributed by atoms with van der Waals surface area (Å²) in [6.45, 7) is 3.38. The predicted octanol–water partition coefficient (Wildman–Crippen LogP) is 2.92. The summed E-state index contributed by atoms with van der Waals surface area (Å²) < 4.78 is 26.8. The van der Waals surface area contributed by atoms with Gasteiger partial charge in [-0.1, -0.05) is 13.0 Å². The van der Waals surface area contributed by atoms with E-state index in [-0.39, 0.29) is 12.1 Å². The molecule has 0 saturated heterocycles. The smallest absolute Gasteiger partial charge is 0.129 e. The first kappa shape index (κ1) is 15.5. The molecular formula is C16H18F2N2O. The molecule has 1 aromatic heterocycles. The van der Waals surface area contributed by atoms with Gasteiger partial charge in [0.05, 0.1) is 11.8 Å². The van der Waals surface area contributed by atoms with Gasteiger partial charge in [-0.15, -0.1) is 0 Å². The third-order valence-electron chi connectivity index (χ3n) is 3.31.